The Morgan fingerprint density at radius 2 is 1.70 bits per heavy atom. The Labute approximate surface area is 160 Å². The van der Waals surface area contributed by atoms with Crippen molar-refractivity contribution in [3.63, 3.8) is 0 Å². The fourth-order valence-electron chi connectivity index (χ4n) is 3.42. The number of hydrogen-bond acceptors (Lipinski definition) is 4. The Bertz CT molecular complexity index is 816. The zero-order valence-corrected chi connectivity index (χ0v) is 16.5. The molecule has 5 heteroatoms. The smallest absolute Gasteiger partial charge is 0.260 e. The zero-order chi connectivity index (χ0) is 19.4. The number of carbonyl (C=O) groups is 1. The molecule has 1 aliphatic heterocycles. The van der Waals surface area contributed by atoms with Crippen molar-refractivity contribution in [2.45, 2.75) is 32.7 Å². The van der Waals surface area contributed by atoms with Gasteiger partial charge in [-0.1, -0.05) is 32.0 Å². The predicted octanol–water partition coefficient (Wildman–Crippen LogP) is 3.79. The van der Waals surface area contributed by atoms with E-state index < -0.39 is 0 Å². The van der Waals surface area contributed by atoms with Crippen LogP contribution in [0.2, 0.25) is 0 Å². The van der Waals surface area contributed by atoms with Crippen LogP contribution in [0.5, 0.6) is 17.2 Å². The summed E-state index contributed by atoms with van der Waals surface area (Å²) in [6, 6.07) is 11.9. The van der Waals surface area contributed by atoms with E-state index in [0.29, 0.717) is 24.8 Å². The molecule has 0 N–H and O–H groups in total. The summed E-state index contributed by atoms with van der Waals surface area (Å²) in [5.41, 5.74) is 3.41. The molecule has 0 spiro atoms. The van der Waals surface area contributed by atoms with Crippen LogP contribution in [-0.4, -0.2) is 38.2 Å². The highest BCUT2D eigenvalue weighted by molar-refractivity contribution is 5.78. The molecule has 0 saturated carbocycles. The number of amides is 1. The monoisotopic (exact) mass is 369 g/mol. The Balaban J connectivity index is 1.68. The molecule has 2 aromatic carbocycles. The second-order valence-corrected chi connectivity index (χ2v) is 7.02. The summed E-state index contributed by atoms with van der Waals surface area (Å²) >= 11 is 0. The van der Waals surface area contributed by atoms with E-state index in [1.54, 1.807) is 14.2 Å². The first-order valence-electron chi connectivity index (χ1n) is 9.26. The lowest BCUT2D eigenvalue weighted by Crippen LogP contribution is -2.38. The number of carbonyl (C=O) groups excluding carboxylic acids is 1. The summed E-state index contributed by atoms with van der Waals surface area (Å²) < 4.78 is 16.6. The molecule has 1 amide bonds. The average Bonchev–Trinajstić information content (AvgIpc) is 2.70. The van der Waals surface area contributed by atoms with Gasteiger partial charge in [-0.05, 0) is 47.2 Å². The van der Waals surface area contributed by atoms with Crippen molar-refractivity contribution < 1.29 is 19.0 Å². The number of nitrogens with zero attached hydrogens (tertiary/aromatic N) is 1. The van der Waals surface area contributed by atoms with Crippen LogP contribution in [-0.2, 0) is 17.8 Å². The first kappa shape index (κ1) is 19.1. The third-order valence-electron chi connectivity index (χ3n) is 4.96. The lowest BCUT2D eigenvalue weighted by atomic mass is 9.98. The van der Waals surface area contributed by atoms with Gasteiger partial charge in [0.05, 0.1) is 14.2 Å². The van der Waals surface area contributed by atoms with Crippen LogP contribution in [0.1, 0.15) is 36.5 Å². The van der Waals surface area contributed by atoms with E-state index in [2.05, 4.69) is 13.8 Å². The van der Waals surface area contributed by atoms with Crippen LogP contribution in [0.3, 0.4) is 0 Å². The molecule has 1 aliphatic rings. The maximum Gasteiger partial charge on any atom is 0.260 e. The summed E-state index contributed by atoms with van der Waals surface area (Å²) in [5.74, 6) is 2.54. The third-order valence-corrected chi connectivity index (χ3v) is 4.96. The van der Waals surface area contributed by atoms with Crippen LogP contribution in [0.4, 0.5) is 0 Å². The first-order valence-corrected chi connectivity index (χ1v) is 9.26. The van der Waals surface area contributed by atoms with Gasteiger partial charge in [0.1, 0.15) is 5.75 Å². The van der Waals surface area contributed by atoms with Crippen LogP contribution in [0.15, 0.2) is 36.4 Å². The van der Waals surface area contributed by atoms with Crippen LogP contribution in [0.25, 0.3) is 0 Å². The number of methoxy groups -OCH3 is 2. The van der Waals surface area contributed by atoms with E-state index in [0.717, 1.165) is 29.0 Å². The molecular formula is C22H27NO4. The molecule has 144 valence electrons. The van der Waals surface area contributed by atoms with Crippen molar-refractivity contribution in [3.05, 3.63) is 53.1 Å². The molecule has 0 fully saturated rings. The first-order chi connectivity index (χ1) is 13.0. The normalized spacial score (nSPS) is 13.3. The van der Waals surface area contributed by atoms with Gasteiger partial charge in [0.2, 0.25) is 0 Å². The molecule has 2 aromatic rings. The van der Waals surface area contributed by atoms with Gasteiger partial charge in [-0.15, -0.1) is 0 Å². The fraction of sp³-hybridized carbons (Fsp3) is 0.409. The van der Waals surface area contributed by atoms with Crippen molar-refractivity contribution in [1.29, 1.82) is 0 Å². The number of ether oxygens (including phenoxy) is 3. The maximum atomic E-state index is 12.7. The lowest BCUT2D eigenvalue weighted by molar-refractivity contribution is -0.134. The topological polar surface area (TPSA) is 48.0 Å². The molecule has 27 heavy (non-hydrogen) atoms. The minimum absolute atomic E-state index is 0.00556. The minimum atomic E-state index is -0.00556. The molecule has 5 nitrogen and oxygen atoms in total. The van der Waals surface area contributed by atoms with Crippen LogP contribution in [0, 0.1) is 0 Å². The van der Waals surface area contributed by atoms with Gasteiger partial charge in [0.25, 0.3) is 5.91 Å². The van der Waals surface area contributed by atoms with Crippen molar-refractivity contribution in [2.24, 2.45) is 0 Å². The van der Waals surface area contributed by atoms with Crippen LogP contribution < -0.4 is 14.2 Å². The van der Waals surface area contributed by atoms with E-state index >= 15 is 0 Å². The molecule has 0 aromatic heterocycles. The highest BCUT2D eigenvalue weighted by Crippen LogP contribution is 2.33. The summed E-state index contributed by atoms with van der Waals surface area (Å²) in [4.78, 5) is 14.5. The second kappa shape index (κ2) is 8.33. The van der Waals surface area contributed by atoms with Gasteiger partial charge in [0.15, 0.2) is 18.1 Å². The van der Waals surface area contributed by atoms with Gasteiger partial charge < -0.3 is 19.1 Å². The van der Waals surface area contributed by atoms with E-state index in [9.17, 15) is 4.79 Å². The summed E-state index contributed by atoms with van der Waals surface area (Å²) in [6.07, 6.45) is 0.796. The van der Waals surface area contributed by atoms with E-state index in [1.165, 1.54) is 5.56 Å². The number of para-hydroxylation sites is 1. The summed E-state index contributed by atoms with van der Waals surface area (Å²) in [6.45, 7) is 5.52. The van der Waals surface area contributed by atoms with Gasteiger partial charge in [-0.2, -0.15) is 0 Å². The van der Waals surface area contributed by atoms with E-state index in [-0.39, 0.29) is 12.5 Å². The van der Waals surface area contributed by atoms with E-state index in [4.69, 9.17) is 14.2 Å². The molecule has 0 aliphatic carbocycles. The molecule has 0 bridgehead atoms. The lowest BCUT2D eigenvalue weighted by Gasteiger charge is -2.29. The standard InChI is InChI=1S/C22H27NO4/c1-15(2)18-7-5-6-8-19(18)27-14-22(24)23-10-9-16-11-20(25-3)21(26-4)12-17(16)13-23/h5-8,11-12,15H,9-10,13-14H2,1-4H3. The Morgan fingerprint density at radius 1 is 1.04 bits per heavy atom. The number of rotatable bonds is 6. The summed E-state index contributed by atoms with van der Waals surface area (Å²) in [7, 11) is 3.26. The van der Waals surface area contributed by atoms with Gasteiger partial charge in [-0.25, -0.2) is 0 Å². The number of fused-ring (bicyclic) bond motifs is 1. The second-order valence-electron chi connectivity index (χ2n) is 7.02. The number of benzene rings is 2. The maximum absolute atomic E-state index is 12.7. The summed E-state index contributed by atoms with van der Waals surface area (Å²) in [5, 5.41) is 0. The Morgan fingerprint density at radius 3 is 2.37 bits per heavy atom. The van der Waals surface area contributed by atoms with Gasteiger partial charge in [0, 0.05) is 13.1 Å². The molecule has 0 unspecified atom stereocenters. The quantitative estimate of drug-likeness (QED) is 0.777. The SMILES string of the molecule is COc1cc2c(cc1OC)CN(C(=O)COc1ccccc1C(C)C)CC2. The van der Waals surface area contributed by atoms with Gasteiger partial charge >= 0.3 is 0 Å². The van der Waals surface area contributed by atoms with Crippen LogP contribution >= 0.6 is 0 Å². The molecule has 1 heterocycles. The molecule has 3 rings (SSSR count). The highest BCUT2D eigenvalue weighted by Gasteiger charge is 2.23. The fourth-order valence-corrected chi connectivity index (χ4v) is 3.42. The molecular weight excluding hydrogens is 342 g/mol. The number of hydrogen-bond donors (Lipinski definition) is 0. The van der Waals surface area contributed by atoms with Crippen molar-refractivity contribution in [1.82, 2.24) is 4.90 Å². The molecule has 0 saturated heterocycles. The van der Waals surface area contributed by atoms with Crippen molar-refractivity contribution >= 4 is 5.91 Å². The Kier molecular flexibility index (Phi) is 5.89. The van der Waals surface area contributed by atoms with Gasteiger partial charge in [-0.3, -0.25) is 4.79 Å². The van der Waals surface area contributed by atoms with Crippen molar-refractivity contribution in [2.75, 3.05) is 27.4 Å². The third kappa shape index (κ3) is 4.18. The largest absolute Gasteiger partial charge is 0.493 e. The van der Waals surface area contributed by atoms with E-state index in [1.807, 2.05) is 41.3 Å². The Hall–Kier alpha value is -2.69. The molecule has 0 atom stereocenters. The zero-order valence-electron chi connectivity index (χ0n) is 16.5. The minimum Gasteiger partial charge on any atom is -0.493 e. The highest BCUT2D eigenvalue weighted by atomic mass is 16.5. The average molecular weight is 369 g/mol. The molecule has 0 radical (unpaired) electrons. The van der Waals surface area contributed by atoms with Crippen molar-refractivity contribution in [3.8, 4) is 17.2 Å². The predicted molar refractivity (Wildman–Crippen MR) is 105 cm³/mol.